The minimum atomic E-state index is -1.14. The average Bonchev–Trinajstić information content (AvgIpc) is 3.04. The minimum absolute atomic E-state index is 0.100. The molecule has 3 N–H and O–H groups in total. The highest BCUT2D eigenvalue weighted by atomic mass is 16.4. The number of aromatic nitrogens is 2. The number of hydrogen-bond donors (Lipinski definition) is 3. The van der Waals surface area contributed by atoms with Crippen LogP contribution < -0.4 is 10.6 Å². The molecule has 2 aromatic rings. The summed E-state index contributed by atoms with van der Waals surface area (Å²) >= 11 is 0. The van der Waals surface area contributed by atoms with Crippen LogP contribution in [0.25, 0.3) is 5.69 Å². The number of nitrogens with one attached hydrogen (secondary N) is 2. The minimum Gasteiger partial charge on any atom is -0.476 e. The van der Waals surface area contributed by atoms with E-state index >= 15 is 0 Å². The van der Waals surface area contributed by atoms with Crippen molar-refractivity contribution in [3.05, 3.63) is 42.2 Å². The molecule has 0 bridgehead atoms. The van der Waals surface area contributed by atoms with Crippen LogP contribution in [0, 0.1) is 5.41 Å². The number of hydrogen-bond acceptors (Lipinski definition) is 4. The average molecular weight is 358 g/mol. The van der Waals surface area contributed by atoms with E-state index in [2.05, 4.69) is 15.7 Å². The fourth-order valence-electron chi connectivity index (χ4n) is 2.07. The van der Waals surface area contributed by atoms with Crippen molar-refractivity contribution >= 4 is 23.5 Å². The van der Waals surface area contributed by atoms with E-state index in [1.807, 2.05) is 0 Å². The number of anilines is 1. The Hall–Kier alpha value is -3.16. The molecule has 8 nitrogen and oxygen atoms in total. The van der Waals surface area contributed by atoms with E-state index in [0.29, 0.717) is 11.4 Å². The third kappa shape index (κ3) is 4.47. The van der Waals surface area contributed by atoms with Crippen molar-refractivity contribution in [2.75, 3.05) is 5.32 Å². The van der Waals surface area contributed by atoms with Crippen LogP contribution in [0.3, 0.4) is 0 Å². The molecular weight excluding hydrogens is 336 g/mol. The molecule has 2 amide bonds. The highest BCUT2D eigenvalue weighted by molar-refractivity contribution is 5.98. The molecule has 0 aliphatic carbocycles. The molecule has 138 valence electrons. The van der Waals surface area contributed by atoms with Gasteiger partial charge in [-0.15, -0.1) is 0 Å². The van der Waals surface area contributed by atoms with Gasteiger partial charge in [-0.25, -0.2) is 9.48 Å². The van der Waals surface area contributed by atoms with Gasteiger partial charge in [0.25, 0.3) is 0 Å². The standard InChI is InChI=1S/C18H22N4O4/c1-11(19-17(26)18(2,3)4)15(23)20-12-7-5-6-8-14(12)22-10-9-13(21-22)16(24)25/h5-11H,1-4H3,(H,19,26)(H,20,23)(H,24,25). The number of rotatable bonds is 5. The van der Waals surface area contributed by atoms with Crippen molar-refractivity contribution in [3.63, 3.8) is 0 Å². The molecule has 1 atom stereocenters. The monoisotopic (exact) mass is 358 g/mol. The van der Waals surface area contributed by atoms with Crippen LogP contribution >= 0.6 is 0 Å². The maximum atomic E-state index is 12.4. The predicted octanol–water partition coefficient (Wildman–Crippen LogP) is 2.06. The number of para-hydroxylation sites is 2. The second-order valence-electron chi connectivity index (χ2n) is 6.90. The maximum Gasteiger partial charge on any atom is 0.356 e. The quantitative estimate of drug-likeness (QED) is 0.757. The summed E-state index contributed by atoms with van der Waals surface area (Å²) in [6.07, 6.45) is 1.50. The molecule has 0 saturated carbocycles. The lowest BCUT2D eigenvalue weighted by atomic mass is 9.95. The Morgan fingerprint density at radius 3 is 2.38 bits per heavy atom. The number of benzene rings is 1. The Balaban J connectivity index is 2.18. The first kappa shape index (κ1) is 19.2. The van der Waals surface area contributed by atoms with Crippen molar-refractivity contribution in [1.29, 1.82) is 0 Å². The van der Waals surface area contributed by atoms with Gasteiger partial charge in [0.2, 0.25) is 11.8 Å². The second kappa shape index (κ2) is 7.38. The first-order chi connectivity index (χ1) is 12.1. The molecule has 0 fully saturated rings. The zero-order valence-corrected chi connectivity index (χ0v) is 15.1. The number of aromatic carboxylic acids is 1. The zero-order chi connectivity index (χ0) is 19.5. The summed E-state index contributed by atoms with van der Waals surface area (Å²) in [5.74, 6) is -1.75. The van der Waals surface area contributed by atoms with Gasteiger partial charge >= 0.3 is 5.97 Å². The summed E-state index contributed by atoms with van der Waals surface area (Å²) in [5.41, 5.74) is 0.267. The van der Waals surface area contributed by atoms with Gasteiger partial charge in [-0.05, 0) is 25.1 Å². The fourth-order valence-corrected chi connectivity index (χ4v) is 2.07. The highest BCUT2D eigenvalue weighted by Gasteiger charge is 2.25. The molecule has 0 aliphatic heterocycles. The third-order valence-electron chi connectivity index (χ3n) is 3.64. The highest BCUT2D eigenvalue weighted by Crippen LogP contribution is 2.20. The van der Waals surface area contributed by atoms with E-state index in [1.165, 1.54) is 16.9 Å². The van der Waals surface area contributed by atoms with Crippen LogP contribution in [0.5, 0.6) is 0 Å². The van der Waals surface area contributed by atoms with Crippen molar-refractivity contribution in [2.24, 2.45) is 5.41 Å². The van der Waals surface area contributed by atoms with Gasteiger partial charge in [0, 0.05) is 11.6 Å². The summed E-state index contributed by atoms with van der Waals surface area (Å²) in [7, 11) is 0. The molecule has 2 rings (SSSR count). The number of amides is 2. The van der Waals surface area contributed by atoms with Crippen molar-refractivity contribution in [3.8, 4) is 5.69 Å². The van der Waals surface area contributed by atoms with Crippen LogP contribution in [0.1, 0.15) is 38.2 Å². The van der Waals surface area contributed by atoms with Gasteiger partial charge < -0.3 is 15.7 Å². The van der Waals surface area contributed by atoms with E-state index < -0.39 is 17.4 Å². The second-order valence-corrected chi connectivity index (χ2v) is 6.90. The van der Waals surface area contributed by atoms with Gasteiger partial charge in [0.05, 0.1) is 11.4 Å². The normalized spacial score (nSPS) is 12.3. The zero-order valence-electron chi connectivity index (χ0n) is 15.1. The van der Waals surface area contributed by atoms with Gasteiger partial charge in [0.1, 0.15) is 6.04 Å². The van der Waals surface area contributed by atoms with Gasteiger partial charge in [-0.3, -0.25) is 9.59 Å². The molecule has 8 heteroatoms. The predicted molar refractivity (Wildman–Crippen MR) is 96.2 cm³/mol. The van der Waals surface area contributed by atoms with Crippen LogP contribution in [-0.4, -0.2) is 38.7 Å². The molecular formula is C18H22N4O4. The Labute approximate surface area is 151 Å². The molecule has 1 heterocycles. The molecule has 1 aromatic heterocycles. The fraction of sp³-hybridized carbons (Fsp3) is 0.333. The number of nitrogens with zero attached hydrogens (tertiary/aromatic N) is 2. The van der Waals surface area contributed by atoms with Gasteiger partial charge in [-0.1, -0.05) is 32.9 Å². The van der Waals surface area contributed by atoms with E-state index in [1.54, 1.807) is 52.0 Å². The lowest BCUT2D eigenvalue weighted by Crippen LogP contribution is -2.46. The smallest absolute Gasteiger partial charge is 0.356 e. The first-order valence-corrected chi connectivity index (χ1v) is 8.10. The summed E-state index contributed by atoms with van der Waals surface area (Å²) in [5, 5.41) is 18.4. The number of carboxylic acids is 1. The van der Waals surface area contributed by atoms with E-state index in [-0.39, 0.29) is 17.5 Å². The lowest BCUT2D eigenvalue weighted by Gasteiger charge is -2.21. The van der Waals surface area contributed by atoms with Crippen LogP contribution in [0.2, 0.25) is 0 Å². The number of carboxylic acid groups (broad SMARTS) is 1. The first-order valence-electron chi connectivity index (χ1n) is 8.10. The molecule has 0 radical (unpaired) electrons. The molecule has 0 aliphatic rings. The Morgan fingerprint density at radius 1 is 1.15 bits per heavy atom. The van der Waals surface area contributed by atoms with Gasteiger partial charge in [0.15, 0.2) is 5.69 Å². The molecule has 26 heavy (non-hydrogen) atoms. The van der Waals surface area contributed by atoms with Crippen LogP contribution in [0.15, 0.2) is 36.5 Å². The number of carbonyl (C=O) groups is 3. The summed E-state index contributed by atoms with van der Waals surface area (Å²) in [6.45, 7) is 6.89. The van der Waals surface area contributed by atoms with Crippen LogP contribution in [-0.2, 0) is 9.59 Å². The van der Waals surface area contributed by atoms with Gasteiger partial charge in [-0.2, -0.15) is 5.10 Å². The largest absolute Gasteiger partial charge is 0.476 e. The van der Waals surface area contributed by atoms with E-state index in [4.69, 9.17) is 5.11 Å². The SMILES string of the molecule is CC(NC(=O)C(C)(C)C)C(=O)Nc1ccccc1-n1ccc(C(=O)O)n1. The maximum absolute atomic E-state index is 12.4. The molecule has 0 spiro atoms. The molecule has 0 saturated heterocycles. The topological polar surface area (TPSA) is 113 Å². The van der Waals surface area contributed by atoms with Crippen molar-refractivity contribution in [2.45, 2.75) is 33.7 Å². The van der Waals surface area contributed by atoms with Crippen LogP contribution in [0.4, 0.5) is 5.69 Å². The molecule has 1 unspecified atom stereocenters. The summed E-state index contributed by atoms with van der Waals surface area (Å²) in [6, 6.07) is 7.49. The lowest BCUT2D eigenvalue weighted by molar-refractivity contribution is -0.131. The van der Waals surface area contributed by atoms with Crippen molar-refractivity contribution < 1.29 is 19.5 Å². The van der Waals surface area contributed by atoms with E-state index in [0.717, 1.165) is 0 Å². The summed E-state index contributed by atoms with van der Waals surface area (Å²) in [4.78, 5) is 35.4. The Morgan fingerprint density at radius 2 is 1.81 bits per heavy atom. The molecule has 1 aromatic carbocycles. The van der Waals surface area contributed by atoms with Crippen molar-refractivity contribution in [1.82, 2.24) is 15.1 Å². The summed E-state index contributed by atoms with van der Waals surface area (Å²) < 4.78 is 1.37. The number of carbonyl (C=O) groups excluding carboxylic acids is 2. The third-order valence-corrected chi connectivity index (χ3v) is 3.64. The van der Waals surface area contributed by atoms with E-state index in [9.17, 15) is 14.4 Å². The Bertz CT molecular complexity index is 836. The Kier molecular flexibility index (Phi) is 5.44.